The first-order valence-electron chi connectivity index (χ1n) is 3.96. The summed E-state index contributed by atoms with van der Waals surface area (Å²) >= 11 is 0. The maximum absolute atomic E-state index is 11.8. The van der Waals surface area contributed by atoms with Gasteiger partial charge in [-0.3, -0.25) is 14.3 Å². The maximum atomic E-state index is 11.8. The summed E-state index contributed by atoms with van der Waals surface area (Å²) in [4.78, 5) is 24.2. The minimum absolute atomic E-state index is 0.00722. The second-order valence-corrected chi connectivity index (χ2v) is 2.69. The quantitative estimate of drug-likeness (QED) is 0.588. The van der Waals surface area contributed by atoms with Crippen LogP contribution in [-0.2, 0) is 7.05 Å². The van der Waals surface area contributed by atoms with Crippen LogP contribution in [0.5, 0.6) is 0 Å². The van der Waals surface area contributed by atoms with Gasteiger partial charge in [0, 0.05) is 13.6 Å². The number of halogens is 1. The van der Waals surface area contributed by atoms with Crippen LogP contribution in [0.25, 0.3) is 0 Å². The number of nitrogens with two attached hydrogens (primary N) is 1. The SMILES string of the molecule is Cn1c(N)c(NCCF)c(=O)[nH]c1=O. The second-order valence-electron chi connectivity index (χ2n) is 2.69. The van der Waals surface area contributed by atoms with E-state index in [1.165, 1.54) is 7.05 Å². The fraction of sp³-hybridized carbons (Fsp3) is 0.429. The zero-order chi connectivity index (χ0) is 10.7. The van der Waals surface area contributed by atoms with Crippen molar-refractivity contribution in [1.82, 2.24) is 9.55 Å². The smallest absolute Gasteiger partial charge is 0.329 e. The van der Waals surface area contributed by atoms with Gasteiger partial charge in [-0.2, -0.15) is 0 Å². The average molecular weight is 202 g/mol. The van der Waals surface area contributed by atoms with Gasteiger partial charge < -0.3 is 11.1 Å². The Morgan fingerprint density at radius 1 is 1.57 bits per heavy atom. The molecular weight excluding hydrogens is 191 g/mol. The molecule has 0 aliphatic heterocycles. The molecule has 0 aromatic carbocycles. The highest BCUT2D eigenvalue weighted by Gasteiger charge is 2.08. The van der Waals surface area contributed by atoms with Gasteiger partial charge in [0.25, 0.3) is 5.56 Å². The number of hydrogen-bond acceptors (Lipinski definition) is 4. The Labute approximate surface area is 78.6 Å². The Balaban J connectivity index is 3.23. The van der Waals surface area contributed by atoms with Crippen LogP contribution in [0.15, 0.2) is 9.59 Å². The van der Waals surface area contributed by atoms with Crippen molar-refractivity contribution >= 4 is 11.5 Å². The normalized spacial score (nSPS) is 10.1. The van der Waals surface area contributed by atoms with E-state index in [9.17, 15) is 14.0 Å². The van der Waals surface area contributed by atoms with E-state index in [4.69, 9.17) is 5.73 Å². The van der Waals surface area contributed by atoms with Gasteiger partial charge in [-0.25, -0.2) is 9.18 Å². The van der Waals surface area contributed by atoms with Crippen molar-refractivity contribution in [2.24, 2.45) is 7.05 Å². The Bertz CT molecular complexity index is 436. The molecule has 0 spiro atoms. The van der Waals surface area contributed by atoms with Gasteiger partial charge in [0.1, 0.15) is 18.2 Å². The number of aromatic amines is 1. The summed E-state index contributed by atoms with van der Waals surface area (Å²) < 4.78 is 12.9. The number of alkyl halides is 1. The number of nitrogens with zero attached hydrogens (tertiary/aromatic N) is 1. The predicted octanol–water partition coefficient (Wildman–Crippen LogP) is -0.963. The average Bonchev–Trinajstić information content (AvgIpc) is 2.14. The van der Waals surface area contributed by atoms with Crippen LogP contribution in [0.4, 0.5) is 15.9 Å². The summed E-state index contributed by atoms with van der Waals surface area (Å²) in [5.41, 5.74) is 4.26. The van der Waals surface area contributed by atoms with Crippen LogP contribution < -0.4 is 22.3 Å². The molecule has 0 amide bonds. The van der Waals surface area contributed by atoms with Crippen molar-refractivity contribution in [3.8, 4) is 0 Å². The molecule has 1 heterocycles. The molecule has 0 saturated carbocycles. The van der Waals surface area contributed by atoms with Crippen molar-refractivity contribution < 1.29 is 4.39 Å². The van der Waals surface area contributed by atoms with Crippen LogP contribution in [0.1, 0.15) is 0 Å². The zero-order valence-electron chi connectivity index (χ0n) is 7.63. The molecule has 7 heteroatoms. The van der Waals surface area contributed by atoms with Crippen LogP contribution in [0, 0.1) is 0 Å². The van der Waals surface area contributed by atoms with Crippen LogP contribution in [0.3, 0.4) is 0 Å². The van der Waals surface area contributed by atoms with Gasteiger partial charge in [-0.1, -0.05) is 0 Å². The Morgan fingerprint density at radius 2 is 2.21 bits per heavy atom. The van der Waals surface area contributed by atoms with Crippen LogP contribution >= 0.6 is 0 Å². The first-order valence-corrected chi connectivity index (χ1v) is 3.96. The second kappa shape index (κ2) is 3.95. The maximum Gasteiger partial charge on any atom is 0.329 e. The molecule has 4 N–H and O–H groups in total. The highest BCUT2D eigenvalue weighted by molar-refractivity contribution is 5.60. The summed E-state index contributed by atoms with van der Waals surface area (Å²) in [6.45, 7) is -0.646. The van der Waals surface area contributed by atoms with E-state index in [2.05, 4.69) is 5.32 Å². The molecule has 6 nitrogen and oxygen atoms in total. The fourth-order valence-electron chi connectivity index (χ4n) is 0.980. The molecule has 0 bridgehead atoms. The lowest BCUT2D eigenvalue weighted by molar-refractivity contribution is 0.512. The van der Waals surface area contributed by atoms with Crippen LogP contribution in [0.2, 0.25) is 0 Å². The molecule has 14 heavy (non-hydrogen) atoms. The number of aromatic nitrogens is 2. The summed E-state index contributed by atoms with van der Waals surface area (Å²) in [6.07, 6.45) is 0. The van der Waals surface area contributed by atoms with Crippen LogP contribution in [-0.4, -0.2) is 22.8 Å². The fourth-order valence-corrected chi connectivity index (χ4v) is 0.980. The lowest BCUT2D eigenvalue weighted by atomic mass is 10.4. The Morgan fingerprint density at radius 3 is 2.79 bits per heavy atom. The van der Waals surface area contributed by atoms with Crippen molar-refractivity contribution in [3.63, 3.8) is 0 Å². The zero-order valence-corrected chi connectivity index (χ0v) is 7.63. The summed E-state index contributed by atoms with van der Waals surface area (Å²) in [5.74, 6) is -0.00722. The van der Waals surface area contributed by atoms with E-state index < -0.39 is 17.9 Å². The molecule has 0 aliphatic carbocycles. The Kier molecular flexibility index (Phi) is 2.90. The summed E-state index contributed by atoms with van der Waals surface area (Å²) in [6, 6.07) is 0. The van der Waals surface area contributed by atoms with Gasteiger partial charge in [-0.05, 0) is 0 Å². The van der Waals surface area contributed by atoms with E-state index in [1.807, 2.05) is 4.98 Å². The standard InChI is InChI=1S/C7H11FN4O2/c1-12-5(9)4(10-3-2-8)6(13)11-7(12)14/h10H,2-3,9H2,1H3,(H,11,13,14). The summed E-state index contributed by atoms with van der Waals surface area (Å²) in [7, 11) is 1.41. The highest BCUT2D eigenvalue weighted by atomic mass is 19.1. The predicted molar refractivity (Wildman–Crippen MR) is 51.2 cm³/mol. The van der Waals surface area contributed by atoms with E-state index in [-0.39, 0.29) is 18.1 Å². The van der Waals surface area contributed by atoms with E-state index in [0.717, 1.165) is 4.57 Å². The third-order valence-electron chi connectivity index (χ3n) is 1.77. The molecule has 1 rings (SSSR count). The molecule has 0 aliphatic rings. The Hall–Kier alpha value is -1.79. The number of H-pyrrole nitrogens is 1. The molecular formula is C7H11FN4O2. The van der Waals surface area contributed by atoms with Gasteiger partial charge in [0.15, 0.2) is 0 Å². The minimum Gasteiger partial charge on any atom is -0.383 e. The van der Waals surface area contributed by atoms with Gasteiger partial charge in [0.05, 0.1) is 0 Å². The third-order valence-corrected chi connectivity index (χ3v) is 1.77. The number of nitrogen functional groups attached to an aromatic ring is 1. The van der Waals surface area contributed by atoms with Crippen molar-refractivity contribution in [1.29, 1.82) is 0 Å². The summed E-state index contributed by atoms with van der Waals surface area (Å²) in [5, 5.41) is 2.50. The molecule has 0 fully saturated rings. The number of rotatable bonds is 3. The highest BCUT2D eigenvalue weighted by Crippen LogP contribution is 2.07. The van der Waals surface area contributed by atoms with E-state index in [1.54, 1.807) is 0 Å². The molecule has 0 saturated heterocycles. The third kappa shape index (κ3) is 1.76. The number of nitrogens with one attached hydrogen (secondary N) is 2. The van der Waals surface area contributed by atoms with Gasteiger partial charge in [-0.15, -0.1) is 0 Å². The molecule has 0 radical (unpaired) electrons. The molecule has 0 atom stereocenters. The molecule has 0 unspecified atom stereocenters. The van der Waals surface area contributed by atoms with E-state index in [0.29, 0.717) is 0 Å². The van der Waals surface area contributed by atoms with Crippen molar-refractivity contribution in [2.45, 2.75) is 0 Å². The molecule has 1 aromatic heterocycles. The van der Waals surface area contributed by atoms with Crippen molar-refractivity contribution in [3.05, 3.63) is 20.8 Å². The van der Waals surface area contributed by atoms with E-state index >= 15 is 0 Å². The lowest BCUT2D eigenvalue weighted by Gasteiger charge is -2.08. The lowest BCUT2D eigenvalue weighted by Crippen LogP contribution is -2.32. The number of hydrogen-bond donors (Lipinski definition) is 3. The monoisotopic (exact) mass is 202 g/mol. The number of anilines is 2. The van der Waals surface area contributed by atoms with Crippen molar-refractivity contribution in [2.75, 3.05) is 24.3 Å². The van der Waals surface area contributed by atoms with Gasteiger partial charge >= 0.3 is 5.69 Å². The molecule has 78 valence electrons. The largest absolute Gasteiger partial charge is 0.383 e. The minimum atomic E-state index is -0.640. The molecule has 1 aromatic rings. The first-order chi connectivity index (χ1) is 6.57. The topological polar surface area (TPSA) is 92.9 Å². The first kappa shape index (κ1) is 10.3. The van der Waals surface area contributed by atoms with Gasteiger partial charge in [0.2, 0.25) is 0 Å².